The van der Waals surface area contributed by atoms with Gasteiger partial charge in [-0.05, 0) is 37.5 Å². The molecular formula is C19H26F3N3O3S. The zero-order valence-electron chi connectivity index (χ0n) is 16.3. The van der Waals surface area contributed by atoms with Crippen molar-refractivity contribution in [2.75, 3.05) is 26.2 Å². The Hall–Kier alpha value is -1.81. The van der Waals surface area contributed by atoms with Gasteiger partial charge in [-0.3, -0.25) is 0 Å². The average molecular weight is 433 g/mol. The van der Waals surface area contributed by atoms with E-state index in [0.29, 0.717) is 6.07 Å². The number of carbonyl (C=O) groups excluding carboxylic acids is 1. The molecule has 2 fully saturated rings. The van der Waals surface area contributed by atoms with Crippen molar-refractivity contribution >= 4 is 16.1 Å². The summed E-state index contributed by atoms with van der Waals surface area (Å²) in [5.74, 6) is 0. The molecule has 162 valence electrons. The minimum Gasteiger partial charge on any atom is -0.335 e. The normalized spacial score (nSPS) is 19.9. The Bertz CT molecular complexity index is 844. The van der Waals surface area contributed by atoms with Crippen molar-refractivity contribution in [1.82, 2.24) is 14.5 Å². The third-order valence-electron chi connectivity index (χ3n) is 5.61. The second kappa shape index (κ2) is 8.51. The van der Waals surface area contributed by atoms with Crippen LogP contribution < -0.4 is 5.32 Å². The van der Waals surface area contributed by atoms with Crippen LogP contribution in [0.15, 0.2) is 23.1 Å². The van der Waals surface area contributed by atoms with E-state index in [1.807, 2.05) is 0 Å². The molecule has 1 heterocycles. The van der Waals surface area contributed by atoms with E-state index in [9.17, 15) is 26.4 Å². The van der Waals surface area contributed by atoms with Crippen molar-refractivity contribution in [2.24, 2.45) is 0 Å². The molecule has 10 heteroatoms. The summed E-state index contributed by atoms with van der Waals surface area (Å²) in [5.41, 5.74) is -0.982. The van der Waals surface area contributed by atoms with Crippen LogP contribution in [0.4, 0.5) is 18.0 Å². The molecular weight excluding hydrogens is 407 g/mol. The summed E-state index contributed by atoms with van der Waals surface area (Å²) in [6, 6.07) is 3.01. The molecule has 3 rings (SSSR count). The third-order valence-corrected chi connectivity index (χ3v) is 7.51. The maximum absolute atomic E-state index is 13.1. The van der Waals surface area contributed by atoms with Gasteiger partial charge in [0.2, 0.25) is 10.0 Å². The smallest absolute Gasteiger partial charge is 0.335 e. The van der Waals surface area contributed by atoms with Crippen LogP contribution >= 0.6 is 0 Å². The highest BCUT2D eigenvalue weighted by atomic mass is 32.2. The fourth-order valence-electron chi connectivity index (χ4n) is 3.86. The van der Waals surface area contributed by atoms with Gasteiger partial charge in [-0.15, -0.1) is 0 Å². The molecule has 1 aliphatic carbocycles. The van der Waals surface area contributed by atoms with Gasteiger partial charge in [-0.2, -0.15) is 17.5 Å². The van der Waals surface area contributed by atoms with E-state index >= 15 is 0 Å². The predicted octanol–water partition coefficient (Wildman–Crippen LogP) is 3.36. The van der Waals surface area contributed by atoms with Gasteiger partial charge in [0.25, 0.3) is 0 Å². The lowest BCUT2D eigenvalue weighted by Crippen LogP contribution is -2.54. The first-order valence-corrected chi connectivity index (χ1v) is 11.3. The van der Waals surface area contributed by atoms with E-state index in [2.05, 4.69) is 5.32 Å². The molecule has 0 bridgehead atoms. The number of amides is 2. The Morgan fingerprint density at radius 1 is 1.07 bits per heavy atom. The second-order valence-corrected chi connectivity index (χ2v) is 9.59. The first-order chi connectivity index (χ1) is 13.6. The number of rotatable bonds is 3. The molecule has 1 saturated carbocycles. The summed E-state index contributed by atoms with van der Waals surface area (Å²) in [7, 11) is -4.06. The van der Waals surface area contributed by atoms with Crippen molar-refractivity contribution in [2.45, 2.75) is 56.1 Å². The Morgan fingerprint density at radius 3 is 2.28 bits per heavy atom. The summed E-state index contributed by atoms with van der Waals surface area (Å²) >= 11 is 0. The number of hydrogen-bond acceptors (Lipinski definition) is 3. The molecule has 29 heavy (non-hydrogen) atoms. The lowest BCUT2D eigenvalue weighted by atomic mass is 9.96. The number of nitrogens with zero attached hydrogens (tertiary/aromatic N) is 2. The Kier molecular flexibility index (Phi) is 6.42. The molecule has 2 amide bonds. The lowest BCUT2D eigenvalue weighted by molar-refractivity contribution is -0.138. The number of urea groups is 1. The average Bonchev–Trinajstić information content (AvgIpc) is 2.68. The van der Waals surface area contributed by atoms with Crippen molar-refractivity contribution in [1.29, 1.82) is 0 Å². The third kappa shape index (κ3) is 5.03. The van der Waals surface area contributed by atoms with Gasteiger partial charge in [0, 0.05) is 32.2 Å². The zero-order chi connectivity index (χ0) is 21.2. The van der Waals surface area contributed by atoms with Crippen LogP contribution in [0.3, 0.4) is 0 Å². The maximum Gasteiger partial charge on any atom is 0.416 e. The number of piperazine rings is 1. The van der Waals surface area contributed by atoms with Crippen molar-refractivity contribution < 1.29 is 26.4 Å². The molecule has 1 N–H and O–H groups in total. The van der Waals surface area contributed by atoms with Gasteiger partial charge in [-0.1, -0.05) is 25.3 Å². The predicted molar refractivity (Wildman–Crippen MR) is 102 cm³/mol. The van der Waals surface area contributed by atoms with Crippen LogP contribution in [0.1, 0.15) is 43.2 Å². The summed E-state index contributed by atoms with van der Waals surface area (Å²) in [4.78, 5) is 13.6. The molecule has 0 spiro atoms. The van der Waals surface area contributed by atoms with E-state index < -0.39 is 21.8 Å². The maximum atomic E-state index is 13.1. The number of sulfonamides is 1. The van der Waals surface area contributed by atoms with Crippen LogP contribution in [-0.2, 0) is 16.2 Å². The highest BCUT2D eigenvalue weighted by molar-refractivity contribution is 7.89. The molecule has 1 aromatic carbocycles. The van der Waals surface area contributed by atoms with Crippen molar-refractivity contribution in [3.05, 3.63) is 29.3 Å². The minimum absolute atomic E-state index is 0.0272. The van der Waals surface area contributed by atoms with Gasteiger partial charge in [-0.25, -0.2) is 13.2 Å². The van der Waals surface area contributed by atoms with Gasteiger partial charge >= 0.3 is 12.2 Å². The highest BCUT2D eigenvalue weighted by Gasteiger charge is 2.36. The molecule has 1 aliphatic heterocycles. The van der Waals surface area contributed by atoms with Gasteiger partial charge in [0.15, 0.2) is 0 Å². The molecule has 0 radical (unpaired) electrons. The minimum atomic E-state index is -4.62. The van der Waals surface area contributed by atoms with Gasteiger partial charge in [0.05, 0.1) is 10.5 Å². The molecule has 1 aromatic rings. The quantitative estimate of drug-likeness (QED) is 0.795. The Labute approximate surface area is 169 Å². The van der Waals surface area contributed by atoms with Crippen LogP contribution in [0.2, 0.25) is 0 Å². The molecule has 2 aliphatic rings. The molecule has 1 saturated heterocycles. The van der Waals surface area contributed by atoms with E-state index in [-0.39, 0.29) is 48.7 Å². The van der Waals surface area contributed by atoms with Crippen LogP contribution in [-0.4, -0.2) is 55.9 Å². The zero-order valence-corrected chi connectivity index (χ0v) is 17.2. The van der Waals surface area contributed by atoms with Crippen LogP contribution in [0, 0.1) is 6.92 Å². The summed E-state index contributed by atoms with van der Waals surface area (Å²) in [6.45, 7) is 1.81. The molecule has 6 nitrogen and oxygen atoms in total. The largest absolute Gasteiger partial charge is 0.416 e. The number of benzene rings is 1. The number of carbonyl (C=O) groups is 1. The van der Waals surface area contributed by atoms with Gasteiger partial charge < -0.3 is 10.2 Å². The monoisotopic (exact) mass is 433 g/mol. The van der Waals surface area contributed by atoms with E-state index in [1.54, 1.807) is 4.90 Å². The summed E-state index contributed by atoms with van der Waals surface area (Å²) < 4.78 is 66.2. The first-order valence-electron chi connectivity index (χ1n) is 9.82. The fourth-order valence-corrected chi connectivity index (χ4v) is 5.31. The molecule has 0 unspecified atom stereocenters. The lowest BCUT2D eigenvalue weighted by Gasteiger charge is -2.35. The summed E-state index contributed by atoms with van der Waals surface area (Å²) in [5, 5.41) is 3.00. The van der Waals surface area contributed by atoms with E-state index in [1.165, 1.54) is 25.5 Å². The number of alkyl halides is 3. The highest BCUT2D eigenvalue weighted by Crippen LogP contribution is 2.34. The topological polar surface area (TPSA) is 69.7 Å². The number of hydrogen-bond donors (Lipinski definition) is 1. The van der Waals surface area contributed by atoms with Crippen molar-refractivity contribution in [3.8, 4) is 0 Å². The summed E-state index contributed by atoms with van der Waals surface area (Å²) in [6.07, 6.45) is 0.647. The molecule has 0 atom stereocenters. The number of aryl methyl sites for hydroxylation is 1. The SMILES string of the molecule is Cc1ccc(S(=O)(=O)N2CCN(C(=O)NC3CCCCC3)CC2)cc1C(F)(F)F. The Morgan fingerprint density at radius 2 is 1.69 bits per heavy atom. The van der Waals surface area contributed by atoms with Crippen LogP contribution in [0.5, 0.6) is 0 Å². The van der Waals surface area contributed by atoms with Gasteiger partial charge in [0.1, 0.15) is 0 Å². The molecule has 0 aromatic heterocycles. The number of halogens is 3. The van der Waals surface area contributed by atoms with E-state index in [0.717, 1.165) is 30.0 Å². The number of nitrogens with one attached hydrogen (secondary N) is 1. The first kappa shape index (κ1) is 21.9. The fraction of sp³-hybridized carbons (Fsp3) is 0.632. The second-order valence-electron chi connectivity index (χ2n) is 7.65. The Balaban J connectivity index is 1.64. The van der Waals surface area contributed by atoms with E-state index in [4.69, 9.17) is 0 Å². The van der Waals surface area contributed by atoms with Crippen molar-refractivity contribution in [3.63, 3.8) is 0 Å². The standard InChI is InChI=1S/C19H26F3N3O3S/c1-14-7-8-16(13-17(14)19(20,21)22)29(27,28)25-11-9-24(10-12-25)18(26)23-15-5-3-2-4-6-15/h7-8,13,15H,2-6,9-12H2,1H3,(H,23,26). The van der Waals surface area contributed by atoms with Crippen LogP contribution in [0.25, 0.3) is 0 Å².